The van der Waals surface area contributed by atoms with Crippen LogP contribution in [0.1, 0.15) is 52.9 Å². The van der Waals surface area contributed by atoms with Crippen LogP contribution in [0.5, 0.6) is 0 Å². The van der Waals surface area contributed by atoms with E-state index >= 15 is 0 Å². The summed E-state index contributed by atoms with van der Waals surface area (Å²) in [5, 5.41) is 23.2. The van der Waals surface area contributed by atoms with Gasteiger partial charge < -0.3 is 14.9 Å². The summed E-state index contributed by atoms with van der Waals surface area (Å²) >= 11 is 0. The number of hydrogen-bond donors (Lipinski definition) is 2. The number of fused-ring (bicyclic) bond motifs is 1. The predicted octanol–water partition coefficient (Wildman–Crippen LogP) is 2.36. The minimum Gasteiger partial charge on any atom is -0.462 e. The molecule has 0 radical (unpaired) electrons. The highest BCUT2D eigenvalue weighted by atomic mass is 16.5. The quantitative estimate of drug-likeness (QED) is 0.549. The summed E-state index contributed by atoms with van der Waals surface area (Å²) in [6.07, 6.45) is 3.63. The highest BCUT2D eigenvalue weighted by Crippen LogP contribution is 2.83. The van der Waals surface area contributed by atoms with Gasteiger partial charge in [-0.15, -0.1) is 0 Å². The molecule has 0 aromatic carbocycles. The number of rotatable bonds is 2. The number of esters is 1. The first-order valence-corrected chi connectivity index (χ1v) is 11.7. The van der Waals surface area contributed by atoms with Crippen LogP contribution in [0.2, 0.25) is 0 Å². The second-order valence-electron chi connectivity index (χ2n) is 11.4. The Labute approximate surface area is 173 Å². The number of piperidine rings is 1. The van der Waals surface area contributed by atoms with Crippen molar-refractivity contribution in [3.05, 3.63) is 12.2 Å². The number of carbonyl (C=O) groups is 1. The number of aliphatic hydroxyl groups is 2. The lowest BCUT2D eigenvalue weighted by atomic mass is 9.43. The SMILES string of the molecule is C=C1[C@@H](O)[C@]23C[C@@H]1[C@@H](OC(C)=O)C[C@H]2[C@@]12C4C3C[C@@H]1[C@@](C)(CC[C@H]2O)CN4CC. The zero-order valence-corrected chi connectivity index (χ0v) is 17.9. The summed E-state index contributed by atoms with van der Waals surface area (Å²) in [4.78, 5) is 14.5. The molecule has 2 N–H and O–H groups in total. The Morgan fingerprint density at radius 2 is 2.07 bits per heavy atom. The molecule has 29 heavy (non-hydrogen) atoms. The molecule has 2 unspecified atom stereocenters. The standard InChI is InChI=1S/C24H35NO4/c1-5-25-11-22(4)7-6-19(27)24-17(22)8-15(20(24)25)23-10-14(12(2)21(23)28)16(9-18(23)24)29-13(3)26/h14-21,27-28H,2,5-11H2,1,3-4H3/t14-,15?,16-,17+,18+,19+,20?,21+,22-,23-,24-/m0/s1. The van der Waals surface area contributed by atoms with Crippen LogP contribution in [0.4, 0.5) is 0 Å². The van der Waals surface area contributed by atoms with E-state index in [4.69, 9.17) is 4.74 Å². The van der Waals surface area contributed by atoms with Gasteiger partial charge in [0.05, 0.1) is 12.2 Å². The van der Waals surface area contributed by atoms with Gasteiger partial charge in [-0.1, -0.05) is 20.4 Å². The number of ether oxygens (including phenoxy) is 1. The molecular formula is C24H35NO4. The van der Waals surface area contributed by atoms with Gasteiger partial charge in [0.25, 0.3) is 0 Å². The number of hydrogen-bond acceptors (Lipinski definition) is 5. The molecule has 5 heteroatoms. The average Bonchev–Trinajstić information content (AvgIpc) is 3.19. The largest absolute Gasteiger partial charge is 0.462 e. The van der Waals surface area contributed by atoms with Gasteiger partial charge in [-0.2, -0.15) is 0 Å². The van der Waals surface area contributed by atoms with Crippen LogP contribution < -0.4 is 0 Å². The van der Waals surface area contributed by atoms with Crippen molar-refractivity contribution in [2.24, 2.45) is 39.9 Å². The van der Waals surface area contributed by atoms with E-state index in [2.05, 4.69) is 25.3 Å². The Morgan fingerprint density at radius 1 is 1.31 bits per heavy atom. The van der Waals surface area contributed by atoms with Crippen LogP contribution in [0.3, 0.4) is 0 Å². The fourth-order valence-corrected chi connectivity index (χ4v) is 10.3. The molecule has 5 aliphatic carbocycles. The molecule has 0 amide bonds. The van der Waals surface area contributed by atoms with E-state index in [1.165, 1.54) is 6.92 Å². The first kappa shape index (κ1) is 18.8. The van der Waals surface area contributed by atoms with Crippen molar-refractivity contribution in [1.82, 2.24) is 4.90 Å². The van der Waals surface area contributed by atoms with Crippen molar-refractivity contribution in [3.63, 3.8) is 0 Å². The fraction of sp³-hybridized carbons (Fsp3) is 0.875. The van der Waals surface area contributed by atoms with Gasteiger partial charge in [0.2, 0.25) is 0 Å². The monoisotopic (exact) mass is 401 g/mol. The topological polar surface area (TPSA) is 70.0 Å². The molecule has 6 aliphatic rings. The van der Waals surface area contributed by atoms with Crippen molar-refractivity contribution in [1.29, 1.82) is 0 Å². The van der Waals surface area contributed by atoms with E-state index in [0.717, 1.165) is 50.8 Å². The third-order valence-corrected chi connectivity index (χ3v) is 10.8. The second-order valence-corrected chi connectivity index (χ2v) is 11.4. The van der Waals surface area contributed by atoms with Crippen LogP contribution in [0.15, 0.2) is 12.2 Å². The van der Waals surface area contributed by atoms with Gasteiger partial charge in [-0.3, -0.25) is 9.69 Å². The maximum absolute atomic E-state index is 11.9. The van der Waals surface area contributed by atoms with E-state index < -0.39 is 6.10 Å². The van der Waals surface area contributed by atoms with Gasteiger partial charge in [-0.05, 0) is 67.4 Å². The molecule has 1 aliphatic heterocycles. The molecule has 11 atom stereocenters. The van der Waals surface area contributed by atoms with E-state index in [0.29, 0.717) is 17.9 Å². The summed E-state index contributed by atoms with van der Waals surface area (Å²) < 4.78 is 5.82. The minimum absolute atomic E-state index is 0.0583. The van der Waals surface area contributed by atoms with Gasteiger partial charge in [-0.25, -0.2) is 0 Å². The minimum atomic E-state index is -0.539. The lowest BCUT2D eigenvalue weighted by molar-refractivity contribution is -0.220. The van der Waals surface area contributed by atoms with Crippen molar-refractivity contribution >= 4 is 5.97 Å². The van der Waals surface area contributed by atoms with Crippen LogP contribution in [0, 0.1) is 39.9 Å². The van der Waals surface area contributed by atoms with Crippen molar-refractivity contribution in [2.75, 3.05) is 13.1 Å². The Morgan fingerprint density at radius 3 is 2.76 bits per heavy atom. The van der Waals surface area contributed by atoms with E-state index in [-0.39, 0.29) is 46.3 Å². The van der Waals surface area contributed by atoms with E-state index in [1.54, 1.807) is 0 Å². The zero-order chi connectivity index (χ0) is 20.5. The molecule has 0 aromatic heterocycles. The lowest BCUT2D eigenvalue weighted by Crippen LogP contribution is -2.68. The molecule has 6 rings (SSSR count). The molecule has 2 spiro atoms. The average molecular weight is 402 g/mol. The highest BCUT2D eigenvalue weighted by molar-refractivity contribution is 5.66. The van der Waals surface area contributed by atoms with Gasteiger partial charge >= 0.3 is 5.97 Å². The van der Waals surface area contributed by atoms with E-state index in [1.807, 2.05) is 0 Å². The third-order valence-electron chi connectivity index (χ3n) is 10.8. The van der Waals surface area contributed by atoms with Gasteiger partial charge in [0.1, 0.15) is 6.10 Å². The highest BCUT2D eigenvalue weighted by Gasteiger charge is 2.85. The van der Waals surface area contributed by atoms with Crippen LogP contribution in [0.25, 0.3) is 0 Å². The summed E-state index contributed by atoms with van der Waals surface area (Å²) in [6.45, 7) is 12.6. The predicted molar refractivity (Wildman–Crippen MR) is 108 cm³/mol. The Bertz CT molecular complexity index is 798. The number of carbonyl (C=O) groups excluding carboxylic acids is 1. The van der Waals surface area contributed by atoms with E-state index in [9.17, 15) is 15.0 Å². The van der Waals surface area contributed by atoms with Gasteiger partial charge in [0, 0.05) is 36.3 Å². The number of nitrogens with zero attached hydrogens (tertiary/aromatic N) is 1. The molecule has 1 heterocycles. The number of likely N-dealkylation sites (tertiary alicyclic amines) is 1. The Balaban J connectivity index is 1.55. The third kappa shape index (κ3) is 1.81. The van der Waals surface area contributed by atoms with Crippen LogP contribution in [-0.4, -0.2) is 58.5 Å². The zero-order valence-electron chi connectivity index (χ0n) is 17.9. The van der Waals surface area contributed by atoms with Gasteiger partial charge in [0.15, 0.2) is 0 Å². The molecule has 1 saturated heterocycles. The second kappa shape index (κ2) is 5.46. The number of aliphatic hydroxyl groups excluding tert-OH is 2. The summed E-state index contributed by atoms with van der Waals surface area (Å²) in [5.74, 6) is 0.914. The molecule has 6 fully saturated rings. The van der Waals surface area contributed by atoms with Crippen molar-refractivity contribution in [2.45, 2.75) is 77.2 Å². The van der Waals surface area contributed by atoms with Crippen LogP contribution in [-0.2, 0) is 9.53 Å². The normalized spacial score (nSPS) is 59.7. The Kier molecular flexibility index (Phi) is 3.55. The maximum atomic E-state index is 11.9. The van der Waals surface area contributed by atoms with Crippen molar-refractivity contribution in [3.8, 4) is 0 Å². The van der Waals surface area contributed by atoms with Crippen molar-refractivity contribution < 1.29 is 19.7 Å². The summed E-state index contributed by atoms with van der Waals surface area (Å²) in [7, 11) is 0. The molecule has 7 bridgehead atoms. The molecule has 5 nitrogen and oxygen atoms in total. The smallest absolute Gasteiger partial charge is 0.302 e. The molecule has 160 valence electrons. The first-order valence-electron chi connectivity index (χ1n) is 11.7. The summed E-state index contributed by atoms with van der Waals surface area (Å²) in [6, 6.07) is 0.336. The summed E-state index contributed by atoms with van der Waals surface area (Å²) in [5.41, 5.74) is 0.724. The molecule has 0 aromatic rings. The Hall–Kier alpha value is -0.910. The molecular weight excluding hydrogens is 366 g/mol. The first-order chi connectivity index (χ1) is 13.7. The van der Waals surface area contributed by atoms with Crippen LogP contribution >= 0.6 is 0 Å². The molecule has 5 saturated carbocycles. The maximum Gasteiger partial charge on any atom is 0.302 e. The fourth-order valence-electron chi connectivity index (χ4n) is 10.3. The lowest BCUT2D eigenvalue weighted by Gasteiger charge is -2.65.